The van der Waals surface area contributed by atoms with Crippen molar-refractivity contribution >= 4 is 17.5 Å². The summed E-state index contributed by atoms with van der Waals surface area (Å²) in [6.07, 6.45) is 4.75. The van der Waals surface area contributed by atoms with Crippen LogP contribution in [0.5, 0.6) is 5.75 Å². The molecule has 1 aliphatic carbocycles. The van der Waals surface area contributed by atoms with Crippen molar-refractivity contribution < 1.29 is 18.7 Å². The Balaban J connectivity index is 1.56. The van der Waals surface area contributed by atoms with Crippen LogP contribution < -0.4 is 15.0 Å². The van der Waals surface area contributed by atoms with Crippen LogP contribution in [-0.2, 0) is 4.79 Å². The van der Waals surface area contributed by atoms with Crippen molar-refractivity contribution in [3.63, 3.8) is 0 Å². The molecule has 0 spiro atoms. The minimum absolute atomic E-state index is 0.0758. The summed E-state index contributed by atoms with van der Waals surface area (Å²) in [5.41, 5.74) is 0.889. The largest absolute Gasteiger partial charge is 0.497 e. The van der Waals surface area contributed by atoms with Gasteiger partial charge < -0.3 is 19.4 Å². The number of methoxy groups -OCH3 is 1. The summed E-state index contributed by atoms with van der Waals surface area (Å²) in [6, 6.07) is 11.1. The van der Waals surface area contributed by atoms with Gasteiger partial charge in [-0.1, -0.05) is 0 Å². The zero-order valence-electron chi connectivity index (χ0n) is 15.8. The molecule has 1 heterocycles. The Kier molecular flexibility index (Phi) is 6.16. The molecular weight excluding hydrogens is 344 g/mol. The molecule has 6 heteroatoms. The zero-order valence-corrected chi connectivity index (χ0v) is 15.8. The molecule has 0 radical (unpaired) electrons. The van der Waals surface area contributed by atoms with Crippen LogP contribution in [0.25, 0.3) is 0 Å². The molecule has 0 bridgehead atoms. The smallest absolute Gasteiger partial charge is 0.286 e. The fourth-order valence-electron chi connectivity index (χ4n) is 3.20. The number of furan rings is 1. The third-order valence-corrected chi connectivity index (χ3v) is 4.93. The Bertz CT molecular complexity index is 751. The van der Waals surface area contributed by atoms with Crippen molar-refractivity contribution in [2.24, 2.45) is 5.92 Å². The van der Waals surface area contributed by atoms with E-state index in [1.54, 1.807) is 19.2 Å². The Hall–Kier alpha value is -2.76. The van der Waals surface area contributed by atoms with Gasteiger partial charge in [0.15, 0.2) is 5.76 Å². The highest BCUT2D eigenvalue weighted by Gasteiger charge is 2.34. The van der Waals surface area contributed by atoms with Crippen LogP contribution in [0.4, 0.5) is 5.69 Å². The molecule has 1 atom stereocenters. The van der Waals surface area contributed by atoms with Crippen LogP contribution >= 0.6 is 0 Å². The topological polar surface area (TPSA) is 71.8 Å². The maximum atomic E-state index is 12.9. The lowest BCUT2D eigenvalue weighted by molar-refractivity contribution is -0.119. The number of amides is 2. The molecule has 2 aromatic rings. The summed E-state index contributed by atoms with van der Waals surface area (Å²) in [6.45, 7) is 2.54. The third kappa shape index (κ3) is 4.90. The molecule has 2 amide bonds. The molecule has 0 saturated heterocycles. The first-order valence-electron chi connectivity index (χ1n) is 9.38. The van der Waals surface area contributed by atoms with Gasteiger partial charge in [-0.15, -0.1) is 0 Å². The van der Waals surface area contributed by atoms with E-state index < -0.39 is 0 Å². The molecule has 27 heavy (non-hydrogen) atoms. The Labute approximate surface area is 159 Å². The van der Waals surface area contributed by atoms with Crippen LogP contribution in [0.2, 0.25) is 0 Å². The van der Waals surface area contributed by atoms with E-state index in [2.05, 4.69) is 12.2 Å². The monoisotopic (exact) mass is 370 g/mol. The molecule has 144 valence electrons. The molecule has 1 saturated carbocycles. The highest BCUT2D eigenvalue weighted by molar-refractivity contribution is 5.94. The second-order valence-corrected chi connectivity index (χ2v) is 6.88. The van der Waals surface area contributed by atoms with Crippen molar-refractivity contribution in [1.29, 1.82) is 0 Å². The van der Waals surface area contributed by atoms with Gasteiger partial charge in [-0.05, 0) is 68.5 Å². The van der Waals surface area contributed by atoms with Crippen molar-refractivity contribution in [1.82, 2.24) is 5.32 Å². The van der Waals surface area contributed by atoms with Crippen molar-refractivity contribution in [2.45, 2.75) is 38.6 Å². The molecule has 1 unspecified atom stereocenters. The fourth-order valence-corrected chi connectivity index (χ4v) is 3.20. The first-order valence-corrected chi connectivity index (χ1v) is 9.38. The number of carbonyl (C=O) groups excluding carboxylic acids is 2. The standard InChI is InChI=1S/C21H26N2O4/c1-15(16-7-8-16)23(17-9-11-18(26-2)12-10-17)20(24)6-3-13-22-21(25)19-5-4-14-27-19/h4-5,9-12,14-16H,3,6-8,13H2,1-2H3,(H,22,25). The van der Waals surface area contributed by atoms with Crippen LogP contribution in [0.15, 0.2) is 47.1 Å². The van der Waals surface area contributed by atoms with Gasteiger partial charge in [0, 0.05) is 24.7 Å². The van der Waals surface area contributed by atoms with Gasteiger partial charge in [-0.25, -0.2) is 0 Å². The van der Waals surface area contributed by atoms with Crippen molar-refractivity contribution in [2.75, 3.05) is 18.6 Å². The van der Waals surface area contributed by atoms with Gasteiger partial charge in [-0.2, -0.15) is 0 Å². The lowest BCUT2D eigenvalue weighted by Gasteiger charge is -2.30. The average Bonchev–Trinajstić information content (AvgIpc) is 3.39. The summed E-state index contributed by atoms with van der Waals surface area (Å²) in [5.74, 6) is 1.43. The van der Waals surface area contributed by atoms with Gasteiger partial charge in [0.25, 0.3) is 5.91 Å². The van der Waals surface area contributed by atoms with Gasteiger partial charge in [0.05, 0.1) is 13.4 Å². The molecule has 3 rings (SSSR count). The van der Waals surface area contributed by atoms with E-state index in [4.69, 9.17) is 9.15 Å². The number of hydrogen-bond donors (Lipinski definition) is 1. The van der Waals surface area contributed by atoms with Crippen LogP contribution in [-0.4, -0.2) is 31.5 Å². The number of nitrogens with one attached hydrogen (secondary N) is 1. The average molecular weight is 370 g/mol. The third-order valence-electron chi connectivity index (χ3n) is 4.93. The maximum Gasteiger partial charge on any atom is 0.286 e. The van der Waals surface area contributed by atoms with Gasteiger partial charge >= 0.3 is 0 Å². The predicted molar refractivity (Wildman–Crippen MR) is 103 cm³/mol. The van der Waals surface area contributed by atoms with Crippen molar-refractivity contribution in [3.05, 3.63) is 48.4 Å². The minimum atomic E-state index is -0.259. The Morgan fingerprint density at radius 2 is 2.00 bits per heavy atom. The van der Waals surface area contributed by atoms with Crippen LogP contribution in [0.3, 0.4) is 0 Å². The number of hydrogen-bond acceptors (Lipinski definition) is 4. The number of benzene rings is 1. The Morgan fingerprint density at radius 3 is 2.59 bits per heavy atom. The lowest BCUT2D eigenvalue weighted by Crippen LogP contribution is -2.40. The van der Waals surface area contributed by atoms with Gasteiger partial charge in [0.2, 0.25) is 5.91 Å². The highest BCUT2D eigenvalue weighted by Crippen LogP contribution is 2.37. The molecular formula is C21H26N2O4. The molecule has 1 aliphatic rings. The quantitative estimate of drug-likeness (QED) is 0.684. The van der Waals surface area contributed by atoms with Crippen molar-refractivity contribution in [3.8, 4) is 5.75 Å². The molecule has 1 aromatic heterocycles. The fraction of sp³-hybridized carbons (Fsp3) is 0.429. The molecule has 1 N–H and O–H groups in total. The number of carbonyl (C=O) groups is 2. The van der Waals surface area contributed by atoms with Crippen LogP contribution in [0, 0.1) is 5.92 Å². The normalized spacial score (nSPS) is 14.4. The van der Waals surface area contributed by atoms with E-state index >= 15 is 0 Å². The second-order valence-electron chi connectivity index (χ2n) is 6.88. The van der Waals surface area contributed by atoms with E-state index in [1.807, 2.05) is 29.2 Å². The number of rotatable bonds is 9. The summed E-state index contributed by atoms with van der Waals surface area (Å²) in [4.78, 5) is 26.7. The Morgan fingerprint density at radius 1 is 1.26 bits per heavy atom. The first kappa shape index (κ1) is 19.0. The number of nitrogens with zero attached hydrogens (tertiary/aromatic N) is 1. The first-order chi connectivity index (χ1) is 13.1. The highest BCUT2D eigenvalue weighted by atomic mass is 16.5. The molecule has 1 fully saturated rings. The molecule has 6 nitrogen and oxygen atoms in total. The minimum Gasteiger partial charge on any atom is -0.497 e. The number of ether oxygens (including phenoxy) is 1. The summed E-state index contributed by atoms with van der Waals surface area (Å²) < 4.78 is 10.3. The molecule has 0 aliphatic heterocycles. The van der Waals surface area contributed by atoms with Crippen LogP contribution in [0.1, 0.15) is 43.2 Å². The summed E-state index contributed by atoms with van der Waals surface area (Å²) in [7, 11) is 1.63. The van der Waals surface area contributed by atoms with Gasteiger partial charge in [0.1, 0.15) is 5.75 Å². The SMILES string of the molecule is COc1ccc(N(C(=O)CCCNC(=O)c2ccco2)C(C)C2CC2)cc1. The van der Waals surface area contributed by atoms with E-state index in [9.17, 15) is 9.59 Å². The number of anilines is 1. The summed E-state index contributed by atoms with van der Waals surface area (Å²) in [5, 5.41) is 2.78. The van der Waals surface area contributed by atoms with E-state index in [1.165, 1.54) is 19.1 Å². The van der Waals surface area contributed by atoms with E-state index in [0.29, 0.717) is 25.3 Å². The van der Waals surface area contributed by atoms with E-state index in [-0.39, 0.29) is 23.6 Å². The summed E-state index contributed by atoms with van der Waals surface area (Å²) >= 11 is 0. The zero-order chi connectivity index (χ0) is 19.2. The predicted octanol–water partition coefficient (Wildman–Crippen LogP) is 3.63. The van der Waals surface area contributed by atoms with Gasteiger partial charge in [-0.3, -0.25) is 9.59 Å². The van der Waals surface area contributed by atoms with E-state index in [0.717, 1.165) is 11.4 Å². The maximum absolute atomic E-state index is 12.9. The molecule has 1 aromatic carbocycles. The lowest BCUT2D eigenvalue weighted by atomic mass is 10.1. The second kappa shape index (κ2) is 8.75.